The molecule has 5 heteroatoms. The number of fused-ring (bicyclic) bond motifs is 3. The Hall–Kier alpha value is -2.11. The molecule has 0 spiro atoms. The van der Waals surface area contributed by atoms with Gasteiger partial charge in [-0.25, -0.2) is 4.98 Å². The van der Waals surface area contributed by atoms with E-state index in [0.29, 0.717) is 6.04 Å². The maximum atomic E-state index is 4.88. The van der Waals surface area contributed by atoms with Gasteiger partial charge in [0.05, 0.1) is 35.9 Å². The zero-order valence-corrected chi connectivity index (χ0v) is 16.1. The number of aromatic nitrogens is 3. The van der Waals surface area contributed by atoms with Crippen LogP contribution in [0.4, 0.5) is 0 Å². The van der Waals surface area contributed by atoms with Gasteiger partial charge in [-0.05, 0) is 43.7 Å². The molecule has 2 N–H and O–H groups in total. The Bertz CT molecular complexity index is 1010. The Morgan fingerprint density at radius 1 is 1.08 bits per heavy atom. The van der Waals surface area contributed by atoms with E-state index in [1.165, 1.54) is 11.3 Å². The fourth-order valence-corrected chi connectivity index (χ4v) is 3.52. The van der Waals surface area contributed by atoms with E-state index in [2.05, 4.69) is 92.7 Å². The smallest absolute Gasteiger partial charge is 0.215 e. The highest BCUT2D eigenvalue weighted by molar-refractivity contribution is 9.10. The summed E-state index contributed by atoms with van der Waals surface area (Å²) in [5, 5.41) is 2.37. The Kier molecular flexibility index (Phi) is 4.36. The van der Waals surface area contributed by atoms with Crippen LogP contribution in [0.25, 0.3) is 28.1 Å². The van der Waals surface area contributed by atoms with Crippen molar-refractivity contribution < 1.29 is 5.32 Å². The number of nitrogens with zero attached hydrogens (tertiary/aromatic N) is 3. The third kappa shape index (κ3) is 3.10. The van der Waals surface area contributed by atoms with E-state index in [-0.39, 0.29) is 0 Å². The number of hydrogen-bond donors (Lipinski definition) is 1. The molecule has 4 rings (SSSR count). The SMILES string of the molecule is CC(C)[NH2+]CCn1c(-c2ccc(Br)cc2)cn2c3ccccc3nc12. The van der Waals surface area contributed by atoms with Crippen LogP contribution in [-0.4, -0.2) is 26.5 Å². The van der Waals surface area contributed by atoms with Gasteiger partial charge in [0.25, 0.3) is 0 Å². The zero-order valence-electron chi connectivity index (χ0n) is 14.5. The van der Waals surface area contributed by atoms with E-state index in [4.69, 9.17) is 4.98 Å². The van der Waals surface area contributed by atoms with Crippen LogP contribution in [0.1, 0.15) is 13.8 Å². The quantitative estimate of drug-likeness (QED) is 0.547. The summed E-state index contributed by atoms with van der Waals surface area (Å²) >= 11 is 3.52. The number of nitrogens with two attached hydrogens (primary N) is 1. The monoisotopic (exact) mass is 397 g/mol. The molecule has 0 bridgehead atoms. The van der Waals surface area contributed by atoms with Crippen LogP contribution in [0.15, 0.2) is 59.2 Å². The molecular formula is C20H22BrN4+. The molecule has 4 aromatic rings. The van der Waals surface area contributed by atoms with Gasteiger partial charge in [-0.3, -0.25) is 4.40 Å². The van der Waals surface area contributed by atoms with Crippen molar-refractivity contribution in [1.29, 1.82) is 0 Å². The highest BCUT2D eigenvalue weighted by Gasteiger charge is 2.15. The van der Waals surface area contributed by atoms with Gasteiger partial charge in [0.15, 0.2) is 0 Å². The Morgan fingerprint density at radius 2 is 1.84 bits per heavy atom. The van der Waals surface area contributed by atoms with Crippen molar-refractivity contribution in [2.75, 3.05) is 6.54 Å². The van der Waals surface area contributed by atoms with Crippen molar-refractivity contribution >= 4 is 32.7 Å². The van der Waals surface area contributed by atoms with Gasteiger partial charge in [0.2, 0.25) is 5.78 Å². The lowest BCUT2D eigenvalue weighted by atomic mass is 10.1. The normalized spacial score (nSPS) is 11.8. The lowest BCUT2D eigenvalue weighted by Gasteiger charge is -2.10. The number of benzene rings is 2. The summed E-state index contributed by atoms with van der Waals surface area (Å²) in [6.45, 7) is 6.42. The molecule has 2 heterocycles. The minimum atomic E-state index is 0.599. The second kappa shape index (κ2) is 6.65. The summed E-state index contributed by atoms with van der Waals surface area (Å²) in [5.74, 6) is 1.01. The molecule has 25 heavy (non-hydrogen) atoms. The maximum absolute atomic E-state index is 4.88. The average molecular weight is 398 g/mol. The third-order valence-electron chi connectivity index (χ3n) is 4.49. The molecule has 0 aliphatic heterocycles. The van der Waals surface area contributed by atoms with Gasteiger partial charge in [0, 0.05) is 10.7 Å². The lowest BCUT2D eigenvalue weighted by molar-refractivity contribution is -0.683. The zero-order chi connectivity index (χ0) is 17.4. The Labute approximate surface area is 155 Å². The van der Waals surface area contributed by atoms with Crippen LogP contribution in [0.5, 0.6) is 0 Å². The Balaban J connectivity index is 1.86. The fourth-order valence-electron chi connectivity index (χ4n) is 3.26. The Morgan fingerprint density at radius 3 is 2.60 bits per heavy atom. The minimum Gasteiger partial charge on any atom is -0.343 e. The van der Waals surface area contributed by atoms with Crippen LogP contribution >= 0.6 is 15.9 Å². The topological polar surface area (TPSA) is 38.8 Å². The van der Waals surface area contributed by atoms with E-state index in [1.807, 2.05) is 6.07 Å². The molecule has 4 nitrogen and oxygen atoms in total. The molecule has 0 aliphatic rings. The minimum absolute atomic E-state index is 0.599. The first-order valence-corrected chi connectivity index (χ1v) is 9.48. The van der Waals surface area contributed by atoms with Crippen molar-refractivity contribution in [2.45, 2.75) is 26.4 Å². The molecule has 2 aromatic heterocycles. The summed E-state index contributed by atoms with van der Waals surface area (Å²) in [7, 11) is 0. The lowest BCUT2D eigenvalue weighted by Crippen LogP contribution is -2.89. The van der Waals surface area contributed by atoms with Crippen LogP contribution in [0.3, 0.4) is 0 Å². The summed E-state index contributed by atoms with van der Waals surface area (Å²) < 4.78 is 5.64. The third-order valence-corrected chi connectivity index (χ3v) is 5.02. The van der Waals surface area contributed by atoms with Gasteiger partial charge in [0.1, 0.15) is 0 Å². The molecule has 0 unspecified atom stereocenters. The molecule has 0 aliphatic carbocycles. The first-order valence-electron chi connectivity index (χ1n) is 8.69. The van der Waals surface area contributed by atoms with Gasteiger partial charge >= 0.3 is 0 Å². The highest BCUT2D eigenvalue weighted by atomic mass is 79.9. The second-order valence-electron chi connectivity index (χ2n) is 6.71. The maximum Gasteiger partial charge on any atom is 0.215 e. The number of para-hydroxylation sites is 2. The van der Waals surface area contributed by atoms with Gasteiger partial charge < -0.3 is 9.88 Å². The number of imidazole rings is 2. The molecule has 0 saturated heterocycles. The summed E-state index contributed by atoms with van der Waals surface area (Å²) in [5.41, 5.74) is 4.61. The second-order valence-corrected chi connectivity index (χ2v) is 7.63. The summed E-state index contributed by atoms with van der Waals surface area (Å²) in [6.07, 6.45) is 2.21. The largest absolute Gasteiger partial charge is 0.343 e. The van der Waals surface area contributed by atoms with E-state index in [1.54, 1.807) is 0 Å². The predicted octanol–water partition coefficient (Wildman–Crippen LogP) is 3.69. The molecule has 2 aromatic carbocycles. The van der Waals surface area contributed by atoms with E-state index < -0.39 is 0 Å². The van der Waals surface area contributed by atoms with Crippen molar-refractivity contribution in [3.8, 4) is 11.3 Å². The molecule has 128 valence electrons. The van der Waals surface area contributed by atoms with E-state index in [9.17, 15) is 0 Å². The molecule has 0 fully saturated rings. The summed E-state index contributed by atoms with van der Waals surface area (Å²) in [6, 6.07) is 17.4. The van der Waals surface area contributed by atoms with Crippen molar-refractivity contribution in [2.24, 2.45) is 0 Å². The number of hydrogen-bond acceptors (Lipinski definition) is 1. The average Bonchev–Trinajstić information content (AvgIpc) is 3.12. The van der Waals surface area contributed by atoms with Gasteiger partial charge in [-0.1, -0.05) is 40.2 Å². The van der Waals surface area contributed by atoms with Gasteiger partial charge in [-0.2, -0.15) is 0 Å². The van der Waals surface area contributed by atoms with Crippen LogP contribution in [0.2, 0.25) is 0 Å². The van der Waals surface area contributed by atoms with Crippen LogP contribution in [0, 0.1) is 0 Å². The summed E-state index contributed by atoms with van der Waals surface area (Å²) in [4.78, 5) is 4.88. The van der Waals surface area contributed by atoms with Crippen molar-refractivity contribution in [3.63, 3.8) is 0 Å². The van der Waals surface area contributed by atoms with Crippen molar-refractivity contribution in [3.05, 3.63) is 59.2 Å². The van der Waals surface area contributed by atoms with E-state index >= 15 is 0 Å². The number of quaternary nitrogens is 1. The van der Waals surface area contributed by atoms with Gasteiger partial charge in [-0.15, -0.1) is 0 Å². The molecule has 0 radical (unpaired) electrons. The van der Waals surface area contributed by atoms with Crippen LogP contribution in [-0.2, 0) is 6.54 Å². The standard InChI is InChI=1S/C20H21BrN4/c1-14(2)22-11-12-24-19(15-7-9-16(21)10-8-15)13-25-18-6-4-3-5-17(18)23-20(24)25/h3-10,13-14,22H,11-12H2,1-2H3/p+1. The molecule has 0 amide bonds. The predicted molar refractivity (Wildman–Crippen MR) is 106 cm³/mol. The molecule has 0 atom stereocenters. The first-order chi connectivity index (χ1) is 12.1. The fraction of sp³-hybridized carbons (Fsp3) is 0.250. The molecular weight excluding hydrogens is 376 g/mol. The number of rotatable bonds is 5. The van der Waals surface area contributed by atoms with E-state index in [0.717, 1.165) is 34.4 Å². The molecule has 0 saturated carbocycles. The highest BCUT2D eigenvalue weighted by Crippen LogP contribution is 2.27. The van der Waals surface area contributed by atoms with Crippen LogP contribution < -0.4 is 5.32 Å². The van der Waals surface area contributed by atoms with Crippen molar-refractivity contribution in [1.82, 2.24) is 14.0 Å². The number of halogens is 1. The first kappa shape index (κ1) is 16.4.